The van der Waals surface area contributed by atoms with Gasteiger partial charge in [-0.15, -0.1) is 0 Å². The van der Waals surface area contributed by atoms with Crippen molar-refractivity contribution < 1.29 is 42.9 Å². The van der Waals surface area contributed by atoms with Gasteiger partial charge in [-0.25, -0.2) is 19.2 Å². The fraction of sp³-hybridized carbons (Fsp3) is 0.455. The quantitative estimate of drug-likeness (QED) is 0.0206. The number of carbonyl (C=O) groups is 4. The van der Waals surface area contributed by atoms with E-state index in [2.05, 4.69) is 23.7 Å². The standard InChI is InChI=1S/C44H56N2O9/c1-6-8-9-16-29-53-42(48)34(5)54-43(49)36-21-25-38(26-22-36)55-44(50)35-19-23-37(24-20-35)45-46-41-32(3)30-39(31-33(41)4)51-27-17-14-12-10-11-13-15-18-28-52-40(47)7-2/h7,19-26,30-31,34H,2,6,8-18,27-29H2,1,3-5H3/t34-/m1/s1. The first-order valence-electron chi connectivity index (χ1n) is 19.4. The van der Waals surface area contributed by atoms with Crippen LogP contribution in [0.15, 0.2) is 83.5 Å². The summed E-state index contributed by atoms with van der Waals surface area (Å²) in [6, 6.07) is 16.4. The van der Waals surface area contributed by atoms with Crippen LogP contribution in [0.5, 0.6) is 11.5 Å². The highest BCUT2D eigenvalue weighted by atomic mass is 16.6. The van der Waals surface area contributed by atoms with Gasteiger partial charge in [0.1, 0.15) is 11.5 Å². The van der Waals surface area contributed by atoms with Gasteiger partial charge in [0.05, 0.1) is 42.3 Å². The molecule has 11 heteroatoms. The zero-order valence-corrected chi connectivity index (χ0v) is 32.8. The van der Waals surface area contributed by atoms with Crippen molar-refractivity contribution in [2.45, 2.75) is 111 Å². The number of carbonyl (C=O) groups excluding carboxylic acids is 4. The Labute approximate surface area is 325 Å². The minimum atomic E-state index is -1.04. The topological polar surface area (TPSA) is 139 Å². The molecule has 0 heterocycles. The Morgan fingerprint density at radius 3 is 1.78 bits per heavy atom. The number of ether oxygens (including phenoxy) is 5. The predicted molar refractivity (Wildman–Crippen MR) is 211 cm³/mol. The average Bonchev–Trinajstić information content (AvgIpc) is 3.18. The first kappa shape index (κ1) is 44.1. The lowest BCUT2D eigenvalue weighted by Crippen LogP contribution is -2.26. The van der Waals surface area contributed by atoms with E-state index in [9.17, 15) is 19.2 Å². The van der Waals surface area contributed by atoms with E-state index in [0.29, 0.717) is 31.1 Å². The Balaban J connectivity index is 1.38. The van der Waals surface area contributed by atoms with Crippen LogP contribution in [0.4, 0.5) is 11.4 Å². The number of benzene rings is 3. The molecule has 0 amide bonds. The summed E-state index contributed by atoms with van der Waals surface area (Å²) in [5.41, 5.74) is 3.75. The molecular weight excluding hydrogens is 700 g/mol. The summed E-state index contributed by atoms with van der Waals surface area (Å²) in [5.74, 6) is -1.15. The Kier molecular flexibility index (Phi) is 19.9. The van der Waals surface area contributed by atoms with Crippen LogP contribution in [0, 0.1) is 13.8 Å². The fourth-order valence-electron chi connectivity index (χ4n) is 5.54. The summed E-state index contributed by atoms with van der Waals surface area (Å²) in [6.45, 7) is 12.3. The molecule has 0 fully saturated rings. The summed E-state index contributed by atoms with van der Waals surface area (Å²) >= 11 is 0. The number of rotatable bonds is 25. The summed E-state index contributed by atoms with van der Waals surface area (Å²) < 4.78 is 26.9. The van der Waals surface area contributed by atoms with Crippen LogP contribution in [0.2, 0.25) is 0 Å². The Morgan fingerprint density at radius 2 is 1.18 bits per heavy atom. The molecule has 0 saturated carbocycles. The minimum absolute atomic E-state index is 0.207. The zero-order chi connectivity index (χ0) is 39.8. The first-order valence-corrected chi connectivity index (χ1v) is 19.4. The van der Waals surface area contributed by atoms with E-state index < -0.39 is 24.0 Å². The van der Waals surface area contributed by atoms with E-state index in [1.165, 1.54) is 56.5 Å². The molecule has 3 aromatic carbocycles. The lowest BCUT2D eigenvalue weighted by molar-refractivity contribution is -0.153. The van der Waals surface area contributed by atoms with Crippen LogP contribution < -0.4 is 9.47 Å². The van der Waals surface area contributed by atoms with Gasteiger partial charge in [0.25, 0.3) is 0 Å². The first-order chi connectivity index (χ1) is 26.6. The molecule has 0 saturated heterocycles. The second kappa shape index (κ2) is 24.9. The number of azo groups is 1. The molecule has 3 rings (SSSR count). The summed E-state index contributed by atoms with van der Waals surface area (Å²) in [4.78, 5) is 48.5. The molecule has 11 nitrogen and oxygen atoms in total. The van der Waals surface area contributed by atoms with Gasteiger partial charge in [0.2, 0.25) is 0 Å². The molecule has 0 aliphatic carbocycles. The largest absolute Gasteiger partial charge is 0.494 e. The van der Waals surface area contributed by atoms with Crippen molar-refractivity contribution in [3.8, 4) is 11.5 Å². The molecule has 0 aliphatic rings. The van der Waals surface area contributed by atoms with Gasteiger partial charge < -0.3 is 23.7 Å². The molecule has 0 radical (unpaired) electrons. The SMILES string of the molecule is C=CC(=O)OCCCCCCCCCCOc1cc(C)c(N=Nc2ccc(C(=O)Oc3ccc(C(=O)O[C@H](C)C(=O)OCCCCCC)cc3)cc2)c(C)c1. The number of nitrogens with zero attached hydrogens (tertiary/aromatic N) is 2. The molecular formula is C44H56N2O9. The third kappa shape index (κ3) is 16.7. The van der Waals surface area contributed by atoms with Crippen LogP contribution in [0.3, 0.4) is 0 Å². The van der Waals surface area contributed by atoms with Crippen LogP contribution >= 0.6 is 0 Å². The van der Waals surface area contributed by atoms with E-state index in [-0.39, 0.29) is 17.3 Å². The molecule has 0 spiro atoms. The maximum atomic E-state index is 12.8. The number of esters is 4. The third-order valence-electron chi connectivity index (χ3n) is 8.71. The monoisotopic (exact) mass is 756 g/mol. The second-order valence-electron chi connectivity index (χ2n) is 13.4. The molecule has 0 aromatic heterocycles. The molecule has 296 valence electrons. The second-order valence-corrected chi connectivity index (χ2v) is 13.4. The molecule has 55 heavy (non-hydrogen) atoms. The van der Waals surface area contributed by atoms with E-state index in [0.717, 1.165) is 80.4 Å². The van der Waals surface area contributed by atoms with Crippen LogP contribution in [0.1, 0.15) is 123 Å². The van der Waals surface area contributed by atoms with Crippen molar-refractivity contribution in [1.82, 2.24) is 0 Å². The van der Waals surface area contributed by atoms with Crippen LogP contribution in [-0.4, -0.2) is 49.8 Å². The lowest BCUT2D eigenvalue weighted by Gasteiger charge is -2.13. The van der Waals surface area contributed by atoms with Crippen molar-refractivity contribution in [1.29, 1.82) is 0 Å². The number of hydrogen-bond donors (Lipinski definition) is 0. The minimum Gasteiger partial charge on any atom is -0.494 e. The normalized spacial score (nSPS) is 11.5. The zero-order valence-electron chi connectivity index (χ0n) is 32.8. The van der Waals surface area contributed by atoms with Crippen molar-refractivity contribution in [2.75, 3.05) is 19.8 Å². The molecule has 0 unspecified atom stereocenters. The van der Waals surface area contributed by atoms with Gasteiger partial charge in [-0.2, -0.15) is 10.2 Å². The van der Waals surface area contributed by atoms with Crippen LogP contribution in [-0.2, 0) is 23.8 Å². The predicted octanol–water partition coefficient (Wildman–Crippen LogP) is 10.8. The summed E-state index contributed by atoms with van der Waals surface area (Å²) in [7, 11) is 0. The smallest absolute Gasteiger partial charge is 0.347 e. The highest BCUT2D eigenvalue weighted by Crippen LogP contribution is 2.31. The molecule has 0 aliphatic heterocycles. The molecule has 3 aromatic rings. The Bertz CT molecular complexity index is 1680. The summed E-state index contributed by atoms with van der Waals surface area (Å²) in [5, 5.41) is 8.84. The highest BCUT2D eigenvalue weighted by molar-refractivity contribution is 5.93. The molecule has 0 N–H and O–H groups in total. The van der Waals surface area contributed by atoms with E-state index in [1.807, 2.05) is 26.0 Å². The van der Waals surface area contributed by atoms with Crippen LogP contribution in [0.25, 0.3) is 0 Å². The maximum Gasteiger partial charge on any atom is 0.347 e. The van der Waals surface area contributed by atoms with E-state index in [1.54, 1.807) is 24.3 Å². The average molecular weight is 757 g/mol. The lowest BCUT2D eigenvalue weighted by atomic mass is 10.1. The van der Waals surface area contributed by atoms with Gasteiger partial charge in [0, 0.05) is 6.08 Å². The van der Waals surface area contributed by atoms with Crippen molar-refractivity contribution in [3.63, 3.8) is 0 Å². The highest BCUT2D eigenvalue weighted by Gasteiger charge is 2.20. The van der Waals surface area contributed by atoms with Gasteiger partial charge >= 0.3 is 23.9 Å². The van der Waals surface area contributed by atoms with Gasteiger partial charge in [-0.1, -0.05) is 71.3 Å². The van der Waals surface area contributed by atoms with E-state index in [4.69, 9.17) is 23.7 Å². The Hall–Kier alpha value is -5.32. The fourth-order valence-corrected chi connectivity index (χ4v) is 5.54. The maximum absolute atomic E-state index is 12.8. The van der Waals surface area contributed by atoms with Crippen molar-refractivity contribution in [3.05, 3.63) is 95.6 Å². The Morgan fingerprint density at radius 1 is 0.655 bits per heavy atom. The summed E-state index contributed by atoms with van der Waals surface area (Å²) in [6.07, 6.45) is 12.8. The number of hydrogen-bond acceptors (Lipinski definition) is 11. The number of aryl methyl sites for hydroxylation is 2. The molecule has 0 bridgehead atoms. The van der Waals surface area contributed by atoms with Gasteiger partial charge in [-0.05, 0) is 112 Å². The number of unbranched alkanes of at least 4 members (excludes halogenated alkanes) is 10. The molecule has 1 atom stereocenters. The van der Waals surface area contributed by atoms with Gasteiger partial charge in [0.15, 0.2) is 6.10 Å². The van der Waals surface area contributed by atoms with E-state index >= 15 is 0 Å². The van der Waals surface area contributed by atoms with Crippen molar-refractivity contribution in [2.24, 2.45) is 10.2 Å². The third-order valence-corrected chi connectivity index (χ3v) is 8.71. The van der Waals surface area contributed by atoms with Gasteiger partial charge in [-0.3, -0.25) is 0 Å². The van der Waals surface area contributed by atoms with Crippen molar-refractivity contribution >= 4 is 35.3 Å².